The molecule has 0 unspecified atom stereocenters. The molecule has 1 nitrogen and oxygen atoms in total. The number of allylic oxidation sites excluding steroid dienone is 2. The van der Waals surface area contributed by atoms with Crippen LogP contribution in [0.1, 0.15) is 70.3 Å². The number of rotatable bonds is 9. The highest BCUT2D eigenvalue weighted by Gasteiger charge is 2.18. The van der Waals surface area contributed by atoms with Crippen molar-refractivity contribution in [2.75, 3.05) is 7.11 Å². The van der Waals surface area contributed by atoms with E-state index < -0.39 is 0 Å². The molecule has 0 amide bonds. The molecule has 1 saturated carbocycles. The molecule has 1 aliphatic rings. The fourth-order valence-electron chi connectivity index (χ4n) is 3.68. The highest BCUT2D eigenvalue weighted by molar-refractivity contribution is 5.27. The second-order valence-corrected chi connectivity index (χ2v) is 7.09. The summed E-state index contributed by atoms with van der Waals surface area (Å²) in [6, 6.07) is 8.46. The lowest BCUT2D eigenvalue weighted by atomic mass is 9.79. The van der Waals surface area contributed by atoms with Crippen molar-refractivity contribution in [2.24, 2.45) is 11.8 Å². The Hall–Kier alpha value is -1.24. The number of methoxy groups -OCH3 is 1. The predicted molar refractivity (Wildman–Crippen MR) is 100 cm³/mol. The van der Waals surface area contributed by atoms with Crippen LogP contribution in [0, 0.1) is 11.8 Å². The maximum Gasteiger partial charge on any atom is 0.118 e. The first-order valence-electron chi connectivity index (χ1n) is 9.61. The van der Waals surface area contributed by atoms with Crippen molar-refractivity contribution in [3.63, 3.8) is 0 Å². The molecule has 1 aromatic carbocycles. The van der Waals surface area contributed by atoms with Crippen LogP contribution >= 0.6 is 0 Å². The Morgan fingerprint density at radius 2 is 1.78 bits per heavy atom. The summed E-state index contributed by atoms with van der Waals surface area (Å²) in [5.74, 6) is 2.80. The van der Waals surface area contributed by atoms with E-state index in [9.17, 15) is 0 Å². The van der Waals surface area contributed by atoms with Crippen molar-refractivity contribution in [3.05, 3.63) is 42.0 Å². The quantitative estimate of drug-likeness (QED) is 0.370. The zero-order valence-electron chi connectivity index (χ0n) is 15.1. The molecule has 2 rings (SSSR count). The van der Waals surface area contributed by atoms with Crippen molar-refractivity contribution in [3.8, 4) is 5.75 Å². The van der Waals surface area contributed by atoms with Crippen molar-refractivity contribution in [1.29, 1.82) is 0 Å². The van der Waals surface area contributed by atoms with Crippen LogP contribution in [0.25, 0.3) is 0 Å². The summed E-state index contributed by atoms with van der Waals surface area (Å²) in [5, 5.41) is 0. The molecule has 0 saturated heterocycles. The van der Waals surface area contributed by atoms with Crippen molar-refractivity contribution >= 4 is 0 Å². The smallest absolute Gasteiger partial charge is 0.118 e. The highest BCUT2D eigenvalue weighted by atomic mass is 16.5. The van der Waals surface area contributed by atoms with E-state index in [1.54, 1.807) is 7.11 Å². The Balaban J connectivity index is 1.61. The van der Waals surface area contributed by atoms with Gasteiger partial charge in [-0.05, 0) is 68.1 Å². The molecule has 1 aromatic rings. The van der Waals surface area contributed by atoms with Gasteiger partial charge in [0.1, 0.15) is 5.75 Å². The van der Waals surface area contributed by atoms with Crippen LogP contribution in [0.2, 0.25) is 0 Å². The normalized spacial score (nSPS) is 21.7. The first-order valence-corrected chi connectivity index (χ1v) is 9.61. The third-order valence-corrected chi connectivity index (χ3v) is 5.27. The van der Waals surface area contributed by atoms with E-state index in [0.29, 0.717) is 0 Å². The summed E-state index contributed by atoms with van der Waals surface area (Å²) in [7, 11) is 1.72. The SMILES string of the molecule is CCCCC[C@H]1CC[C@H](C=CCCc2ccc(OC)cc2)CC1. The number of hydrogen-bond acceptors (Lipinski definition) is 1. The topological polar surface area (TPSA) is 9.23 Å². The van der Waals surface area contributed by atoms with Gasteiger partial charge in [0.2, 0.25) is 0 Å². The van der Waals surface area contributed by atoms with E-state index in [2.05, 4.69) is 43.3 Å². The molecule has 0 radical (unpaired) electrons. The lowest BCUT2D eigenvalue weighted by Crippen LogP contribution is -2.13. The van der Waals surface area contributed by atoms with Crippen LogP contribution < -0.4 is 4.74 Å². The number of unbranched alkanes of at least 4 members (excludes halogenated alkanes) is 2. The number of benzene rings is 1. The Morgan fingerprint density at radius 1 is 1.04 bits per heavy atom. The van der Waals surface area contributed by atoms with Crippen LogP contribution in [0.4, 0.5) is 0 Å². The van der Waals surface area contributed by atoms with Gasteiger partial charge in [-0.3, -0.25) is 0 Å². The summed E-state index contributed by atoms with van der Waals surface area (Å²) in [4.78, 5) is 0. The summed E-state index contributed by atoms with van der Waals surface area (Å²) < 4.78 is 5.20. The van der Waals surface area contributed by atoms with Gasteiger partial charge in [0.05, 0.1) is 7.11 Å². The Bertz CT molecular complexity index is 438. The minimum absolute atomic E-state index is 0.841. The second-order valence-electron chi connectivity index (χ2n) is 7.09. The number of aryl methyl sites for hydroxylation is 1. The minimum Gasteiger partial charge on any atom is -0.497 e. The van der Waals surface area contributed by atoms with Crippen LogP contribution in [0.15, 0.2) is 36.4 Å². The minimum atomic E-state index is 0.841. The Labute approximate surface area is 143 Å². The van der Waals surface area contributed by atoms with E-state index in [1.165, 1.54) is 56.9 Å². The molecule has 0 aliphatic heterocycles. The molecular formula is C22H34O. The Kier molecular flexibility index (Phi) is 8.28. The van der Waals surface area contributed by atoms with Crippen LogP contribution in [0.5, 0.6) is 5.75 Å². The highest BCUT2D eigenvalue weighted by Crippen LogP contribution is 2.32. The lowest BCUT2D eigenvalue weighted by Gasteiger charge is -2.26. The molecule has 1 aliphatic carbocycles. The van der Waals surface area contributed by atoms with E-state index in [1.807, 2.05) is 0 Å². The van der Waals surface area contributed by atoms with Crippen molar-refractivity contribution in [1.82, 2.24) is 0 Å². The van der Waals surface area contributed by atoms with Gasteiger partial charge in [-0.15, -0.1) is 0 Å². The first-order chi connectivity index (χ1) is 11.3. The van der Waals surface area contributed by atoms with Gasteiger partial charge in [-0.25, -0.2) is 0 Å². The molecule has 1 heteroatoms. The standard InChI is InChI=1S/C22H34O/c1-3-4-5-8-19-11-13-20(14-12-19)9-6-7-10-21-15-17-22(23-2)18-16-21/h6,9,15-20H,3-5,7-8,10-14H2,1-2H3/t19-,20-. The molecule has 128 valence electrons. The fourth-order valence-corrected chi connectivity index (χ4v) is 3.68. The maximum atomic E-state index is 5.20. The average Bonchev–Trinajstić information content (AvgIpc) is 2.61. The van der Waals surface area contributed by atoms with Gasteiger partial charge in [0, 0.05) is 0 Å². The van der Waals surface area contributed by atoms with E-state index in [-0.39, 0.29) is 0 Å². The molecule has 1 fully saturated rings. The zero-order chi connectivity index (χ0) is 16.3. The van der Waals surface area contributed by atoms with E-state index in [4.69, 9.17) is 4.74 Å². The zero-order valence-corrected chi connectivity index (χ0v) is 15.1. The maximum absolute atomic E-state index is 5.20. The van der Waals surface area contributed by atoms with Crippen LogP contribution in [0.3, 0.4) is 0 Å². The first kappa shape index (κ1) is 18.1. The van der Waals surface area contributed by atoms with Crippen molar-refractivity contribution < 1.29 is 4.74 Å². The summed E-state index contributed by atoms with van der Waals surface area (Å²) >= 11 is 0. The molecular weight excluding hydrogens is 280 g/mol. The van der Waals surface area contributed by atoms with Gasteiger partial charge < -0.3 is 4.74 Å². The molecule has 23 heavy (non-hydrogen) atoms. The molecule has 0 spiro atoms. The largest absolute Gasteiger partial charge is 0.497 e. The second kappa shape index (κ2) is 10.5. The van der Waals surface area contributed by atoms with Crippen LogP contribution in [-0.4, -0.2) is 7.11 Å². The van der Waals surface area contributed by atoms with Gasteiger partial charge in [-0.1, -0.05) is 56.9 Å². The monoisotopic (exact) mass is 314 g/mol. The summed E-state index contributed by atoms with van der Waals surface area (Å²) in [6.07, 6.45) is 18.6. The fraction of sp³-hybridized carbons (Fsp3) is 0.636. The lowest BCUT2D eigenvalue weighted by molar-refractivity contribution is 0.289. The molecule has 0 atom stereocenters. The van der Waals surface area contributed by atoms with Crippen molar-refractivity contribution in [2.45, 2.75) is 71.1 Å². The predicted octanol–water partition coefficient (Wildman–Crippen LogP) is 6.57. The summed E-state index contributed by atoms with van der Waals surface area (Å²) in [6.45, 7) is 2.30. The molecule has 0 bridgehead atoms. The third kappa shape index (κ3) is 6.81. The third-order valence-electron chi connectivity index (χ3n) is 5.27. The Morgan fingerprint density at radius 3 is 2.43 bits per heavy atom. The van der Waals surface area contributed by atoms with Gasteiger partial charge >= 0.3 is 0 Å². The molecule has 0 N–H and O–H groups in total. The van der Waals surface area contributed by atoms with Gasteiger partial charge in [-0.2, -0.15) is 0 Å². The van der Waals surface area contributed by atoms with E-state index >= 15 is 0 Å². The average molecular weight is 315 g/mol. The van der Waals surface area contributed by atoms with E-state index in [0.717, 1.165) is 30.4 Å². The van der Waals surface area contributed by atoms with Gasteiger partial charge in [0.15, 0.2) is 0 Å². The molecule has 0 heterocycles. The van der Waals surface area contributed by atoms with Gasteiger partial charge in [0.25, 0.3) is 0 Å². The number of hydrogen-bond donors (Lipinski definition) is 0. The van der Waals surface area contributed by atoms with Crippen LogP contribution in [-0.2, 0) is 6.42 Å². The summed E-state index contributed by atoms with van der Waals surface area (Å²) in [5.41, 5.74) is 1.40. The molecule has 0 aromatic heterocycles. The number of ether oxygens (including phenoxy) is 1.